The molecular weight excluding hydrogens is 871 g/mol. The van der Waals surface area contributed by atoms with Crippen molar-refractivity contribution in [3.8, 4) is 5.75 Å². The predicted molar refractivity (Wildman–Crippen MR) is 263 cm³/mol. The number of aryl methyl sites for hydroxylation is 1. The van der Waals surface area contributed by atoms with Gasteiger partial charge in [-0.15, -0.1) is 0 Å². The summed E-state index contributed by atoms with van der Waals surface area (Å²) >= 11 is 0. The van der Waals surface area contributed by atoms with Gasteiger partial charge in [0.1, 0.15) is 35.8 Å². The number of carbonyl (C=O) groups excluding carboxylic acids is 1. The average molecular weight is 942 g/mol. The second-order valence-corrected chi connectivity index (χ2v) is 20.2. The third-order valence-corrected chi connectivity index (χ3v) is 14.8. The summed E-state index contributed by atoms with van der Waals surface area (Å²) in [6.07, 6.45) is 14.5. The Morgan fingerprint density at radius 3 is 2.36 bits per heavy atom. The van der Waals surface area contributed by atoms with Crippen molar-refractivity contribution in [3.63, 3.8) is 0 Å². The van der Waals surface area contributed by atoms with E-state index in [9.17, 15) is 23.1 Å². The zero-order valence-electron chi connectivity index (χ0n) is 40.6. The summed E-state index contributed by atoms with van der Waals surface area (Å²) in [4.78, 5) is 29.2. The minimum Gasteiger partial charge on any atom is -0.492 e. The number of carbonyl (C=O) groups is 2. The van der Waals surface area contributed by atoms with Gasteiger partial charge in [0.05, 0.1) is 34.8 Å². The number of nitrogens with one attached hydrogen (secondary N) is 1. The molecule has 364 valence electrons. The molecule has 0 amide bonds. The number of epoxide rings is 2. The summed E-state index contributed by atoms with van der Waals surface area (Å²) in [7, 11) is 1.75. The molecule has 67 heavy (non-hydrogen) atoms. The third kappa shape index (κ3) is 13.2. The number of carboxylic acid groups (broad SMARTS) is 1. The molecule has 2 heterocycles. The van der Waals surface area contributed by atoms with E-state index in [-0.39, 0.29) is 57.5 Å². The number of aromatic carboxylic acids is 1. The minimum atomic E-state index is -3.97. The van der Waals surface area contributed by atoms with Crippen LogP contribution in [0.25, 0.3) is 12.2 Å². The van der Waals surface area contributed by atoms with E-state index in [2.05, 4.69) is 55.2 Å². The lowest BCUT2D eigenvalue weighted by Gasteiger charge is -2.42. The van der Waals surface area contributed by atoms with Crippen LogP contribution in [0.2, 0.25) is 0 Å². The Bertz CT molecular complexity index is 2370. The number of nitrogens with zero attached hydrogens (tertiary/aromatic N) is 2. The fraction of sp³-hybridized carbons (Fsp3) is 0.509. The molecule has 1 spiro atoms. The average Bonchev–Trinajstić information content (AvgIpc) is 4.23. The van der Waals surface area contributed by atoms with Gasteiger partial charge >= 0.3 is 11.9 Å². The number of benzene rings is 3. The quantitative estimate of drug-likeness (QED) is 0.0481. The number of esters is 1. The van der Waals surface area contributed by atoms with E-state index in [1.165, 1.54) is 17.7 Å². The lowest BCUT2D eigenvalue weighted by molar-refractivity contribution is -0.166. The van der Waals surface area contributed by atoms with Crippen molar-refractivity contribution >= 4 is 39.8 Å². The van der Waals surface area contributed by atoms with Gasteiger partial charge < -0.3 is 38.6 Å². The van der Waals surface area contributed by atoms with E-state index in [0.29, 0.717) is 31.6 Å². The molecule has 4 aliphatic rings. The van der Waals surface area contributed by atoms with Crippen LogP contribution in [0.5, 0.6) is 5.75 Å². The standard InChI is InChI=1S/C29H41NO6.C24H30N2O4S/c1-20(2)7-13-24-28(3,36-24)27-26(32-6)23(15-16-29(27)19-34-29)35-25(31)14-10-21-8-11-22(12-9-21)33-18-17-30(4)5;1-3-26(4-2)17-9-12-19-11-6-8-14-22(19)31(29,30)25-21-16-15-18-10-5-7-13-20(18)23(21)24(27)28/h7-12,14,23-24,26-27H,13,15-19H2,1-6H3;6,8-9,11-12,14-16,25H,3-5,7,10,13,17H2,1-2H3,(H,27,28)/b14-10+;12-9-/t23-,24-,26-,27-,28+,29?;/m1./s1. The minimum absolute atomic E-state index is 0.0149. The Hall–Kier alpha value is -4.83. The number of methoxy groups -OCH3 is 1. The molecule has 2 saturated heterocycles. The zero-order valence-corrected chi connectivity index (χ0v) is 41.4. The topological polar surface area (TPSA) is 160 Å². The normalized spacial score (nSPS) is 24.3. The molecule has 3 aromatic carbocycles. The summed E-state index contributed by atoms with van der Waals surface area (Å²) in [5.41, 5.74) is 4.09. The van der Waals surface area contributed by atoms with Gasteiger partial charge in [0.15, 0.2) is 0 Å². The van der Waals surface area contributed by atoms with Crippen molar-refractivity contribution in [2.75, 3.05) is 65.3 Å². The van der Waals surface area contributed by atoms with Crippen LogP contribution in [-0.4, -0.2) is 125 Å². The van der Waals surface area contributed by atoms with E-state index in [4.69, 9.17) is 23.7 Å². The first-order valence-electron chi connectivity index (χ1n) is 23.7. The Kier molecular flexibility index (Phi) is 17.7. The monoisotopic (exact) mass is 941 g/mol. The lowest BCUT2D eigenvalue weighted by Crippen LogP contribution is -2.55. The van der Waals surface area contributed by atoms with Crippen LogP contribution in [0.4, 0.5) is 5.69 Å². The maximum Gasteiger partial charge on any atom is 0.338 e. The van der Waals surface area contributed by atoms with Crippen LogP contribution in [0.3, 0.4) is 0 Å². The maximum atomic E-state index is 13.2. The molecule has 7 rings (SSSR count). The highest BCUT2D eigenvalue weighted by Crippen LogP contribution is 2.59. The first kappa shape index (κ1) is 51.6. The molecule has 1 saturated carbocycles. The van der Waals surface area contributed by atoms with Crippen molar-refractivity contribution in [1.82, 2.24) is 9.80 Å². The fourth-order valence-electron chi connectivity index (χ4n) is 9.47. The van der Waals surface area contributed by atoms with Crippen molar-refractivity contribution in [3.05, 3.63) is 112 Å². The molecule has 2 N–H and O–H groups in total. The Morgan fingerprint density at radius 2 is 1.70 bits per heavy atom. The highest BCUT2D eigenvalue weighted by atomic mass is 32.2. The Balaban J connectivity index is 0.000000224. The molecule has 0 radical (unpaired) electrons. The number of ether oxygens (including phenoxy) is 5. The second-order valence-electron chi connectivity index (χ2n) is 18.6. The smallest absolute Gasteiger partial charge is 0.338 e. The molecule has 1 unspecified atom stereocenters. The van der Waals surface area contributed by atoms with Crippen LogP contribution >= 0.6 is 0 Å². The first-order chi connectivity index (χ1) is 32.0. The van der Waals surface area contributed by atoms with Crippen molar-refractivity contribution in [2.24, 2.45) is 5.92 Å². The molecule has 6 atom stereocenters. The van der Waals surface area contributed by atoms with Crippen LogP contribution in [0.1, 0.15) is 99.3 Å². The van der Waals surface area contributed by atoms with Crippen molar-refractivity contribution in [1.29, 1.82) is 0 Å². The maximum absolute atomic E-state index is 13.2. The predicted octanol–water partition coefficient (Wildman–Crippen LogP) is 8.68. The Labute approximate surface area is 398 Å². The SMILES string of the molecule is CCN(CC)C/C=C\c1ccccc1S(=O)(=O)Nc1ccc2c(c1C(=O)O)CCCC2.CO[C@@H]1[C@H](OC(=O)/C=C/c2ccc(OCCN(C)C)cc2)CCC2(CO2)[C@H]1[C@@]1(C)O[C@@H]1CC=C(C)C. The number of likely N-dealkylation sites (N-methyl/N-ethyl adjacent to an activating group) is 2. The first-order valence-corrected chi connectivity index (χ1v) is 25.2. The van der Waals surface area contributed by atoms with Crippen molar-refractivity contribution < 1.29 is 46.8 Å². The van der Waals surface area contributed by atoms with Gasteiger partial charge in [-0.25, -0.2) is 18.0 Å². The van der Waals surface area contributed by atoms with E-state index >= 15 is 0 Å². The van der Waals surface area contributed by atoms with Gasteiger partial charge in [-0.05, 0) is 145 Å². The van der Waals surface area contributed by atoms with Crippen molar-refractivity contribution in [2.45, 2.75) is 114 Å². The van der Waals surface area contributed by atoms with Gasteiger partial charge in [0, 0.05) is 26.3 Å². The molecule has 2 aliphatic carbocycles. The number of allylic oxidation sites excluding steroid dienone is 1. The highest BCUT2D eigenvalue weighted by molar-refractivity contribution is 7.92. The summed E-state index contributed by atoms with van der Waals surface area (Å²) in [6, 6.07) is 17.8. The van der Waals surface area contributed by atoms with Crippen LogP contribution in [0.15, 0.2) is 89.4 Å². The van der Waals surface area contributed by atoms with Crippen LogP contribution in [-0.2, 0) is 46.6 Å². The number of hydrogen-bond acceptors (Lipinski definition) is 11. The number of carboxylic acids is 1. The lowest BCUT2D eigenvalue weighted by atomic mass is 9.68. The third-order valence-electron chi connectivity index (χ3n) is 13.4. The summed E-state index contributed by atoms with van der Waals surface area (Å²) < 4.78 is 58.8. The van der Waals surface area contributed by atoms with Crippen LogP contribution < -0.4 is 9.46 Å². The second kappa shape index (κ2) is 23.0. The number of fused-ring (bicyclic) bond motifs is 1. The molecular formula is C53H71N3O10S. The molecule has 3 fully saturated rings. The molecule has 0 bridgehead atoms. The summed E-state index contributed by atoms with van der Waals surface area (Å²) in [5.74, 6) is -0.657. The number of anilines is 1. The summed E-state index contributed by atoms with van der Waals surface area (Å²) in [5, 5.41) is 9.81. The highest BCUT2D eigenvalue weighted by Gasteiger charge is 2.72. The fourth-order valence-corrected chi connectivity index (χ4v) is 10.7. The van der Waals surface area contributed by atoms with E-state index in [0.717, 1.165) is 80.7 Å². The zero-order chi connectivity index (χ0) is 48.4. The van der Waals surface area contributed by atoms with E-state index in [1.807, 2.05) is 50.5 Å². The molecule has 14 heteroatoms. The van der Waals surface area contributed by atoms with Gasteiger partial charge in [-0.2, -0.15) is 0 Å². The van der Waals surface area contributed by atoms with Gasteiger partial charge in [-0.3, -0.25) is 4.72 Å². The number of rotatable bonds is 20. The van der Waals surface area contributed by atoms with Crippen LogP contribution in [0, 0.1) is 5.92 Å². The van der Waals surface area contributed by atoms with Gasteiger partial charge in [0.25, 0.3) is 10.0 Å². The van der Waals surface area contributed by atoms with Gasteiger partial charge in [0.2, 0.25) is 0 Å². The number of sulfonamides is 1. The largest absolute Gasteiger partial charge is 0.492 e. The molecule has 2 aliphatic heterocycles. The Morgan fingerprint density at radius 1 is 0.985 bits per heavy atom. The molecule has 3 aromatic rings. The van der Waals surface area contributed by atoms with E-state index in [1.54, 1.807) is 43.5 Å². The van der Waals surface area contributed by atoms with Gasteiger partial charge in [-0.1, -0.05) is 74.0 Å². The molecule has 13 nitrogen and oxygen atoms in total. The number of hydrogen-bond donors (Lipinski definition) is 2. The summed E-state index contributed by atoms with van der Waals surface area (Å²) in [6.45, 7) is 15.3. The molecule has 0 aromatic heterocycles. The van der Waals surface area contributed by atoms with E-state index < -0.39 is 16.0 Å².